The van der Waals surface area contributed by atoms with Gasteiger partial charge in [-0.15, -0.1) is 0 Å². The number of hydrogen-bond donors (Lipinski definition) is 0. The Labute approximate surface area is 38.0 Å². The fraction of sp³-hybridized carbons (Fsp3) is 1.00. The summed E-state index contributed by atoms with van der Waals surface area (Å²) in [6.45, 7) is 2.14. The van der Waals surface area contributed by atoms with E-state index in [0.717, 1.165) is 0 Å². The summed E-state index contributed by atoms with van der Waals surface area (Å²) in [5.41, 5.74) is 0. The maximum absolute atomic E-state index is 3.03. The Bertz CT molecular complexity index is 5.25. The van der Waals surface area contributed by atoms with Gasteiger partial charge in [0.15, 0.2) is 0 Å². The Morgan fingerprint density at radius 3 is 2.00 bits per heavy atom. The summed E-state index contributed by atoms with van der Waals surface area (Å²) in [7, 11) is 0. The molecule has 0 radical (unpaired) electrons. The minimum absolute atomic E-state index is 1.17. The molecule has 0 aliphatic carbocycles. The molecule has 0 N–H and O–H groups in total. The second kappa shape index (κ2) is 3.66. The van der Waals surface area contributed by atoms with Gasteiger partial charge in [0, 0.05) is 0 Å². The quantitative estimate of drug-likeness (QED) is 0.494. The molecule has 0 aromatic carbocycles. The van der Waals surface area contributed by atoms with E-state index in [0.29, 0.717) is 0 Å². The van der Waals surface area contributed by atoms with E-state index in [1.54, 1.807) is 0 Å². The molecule has 0 heterocycles. The van der Waals surface area contributed by atoms with E-state index in [2.05, 4.69) is 26.1 Å². The molecule has 0 aromatic rings. The van der Waals surface area contributed by atoms with Gasteiger partial charge < -0.3 is 0 Å². The first kappa shape index (κ1) is 4.66. The van der Waals surface area contributed by atoms with E-state index in [1.165, 1.54) is 11.3 Å². The summed E-state index contributed by atoms with van der Waals surface area (Å²) in [5.74, 6) is 0. The molecule has 0 saturated carbocycles. The van der Waals surface area contributed by atoms with E-state index in [1.807, 2.05) is 0 Å². The second-order valence-electron chi connectivity index (χ2n) is 0.658. The average Bonchev–Trinajstić information content (AvgIpc) is 1.37. The summed E-state index contributed by atoms with van der Waals surface area (Å²) in [6.07, 6.45) is 1.25. The van der Waals surface area contributed by atoms with Gasteiger partial charge in [0.1, 0.15) is 0 Å². The summed E-state index contributed by atoms with van der Waals surface area (Å²) in [6, 6.07) is 0. The Balaban J connectivity index is 1.97. The fourth-order valence-corrected chi connectivity index (χ4v) is 0. The Kier molecular flexibility index (Phi) is 4.27. The van der Waals surface area contributed by atoms with Crippen LogP contribution >= 0.6 is 0 Å². The van der Waals surface area contributed by atoms with Crippen molar-refractivity contribution in [2.75, 3.05) is 0 Å². The number of rotatable bonds is 1. The number of hydrogen-bond acceptors (Lipinski definition) is 0. The van der Waals surface area contributed by atoms with Gasteiger partial charge in [-0.3, -0.25) is 0 Å². The van der Waals surface area contributed by atoms with E-state index < -0.39 is 0 Å². The van der Waals surface area contributed by atoms with Crippen molar-refractivity contribution in [3.63, 3.8) is 0 Å². The molecular weight excluding hydrogens is 142 g/mol. The van der Waals surface area contributed by atoms with Gasteiger partial charge in [-0.2, -0.15) is 0 Å². The minimum atomic E-state index is 1.17. The molecule has 0 bridgehead atoms. The molecule has 0 atom stereocenters. The third-order valence-electron chi connectivity index (χ3n) is 0.158. The van der Waals surface area contributed by atoms with Crippen LogP contribution in [0, 0.1) is 0 Å². The topological polar surface area (TPSA) is 0 Å². The molecule has 0 unspecified atom stereocenters. The van der Waals surface area contributed by atoms with Crippen LogP contribution in [0.5, 0.6) is 0 Å². The van der Waals surface area contributed by atoms with Crippen LogP contribution in [0.15, 0.2) is 0 Å². The van der Waals surface area contributed by atoms with Crippen LogP contribution in [0.25, 0.3) is 0 Å². The van der Waals surface area contributed by atoms with E-state index in [9.17, 15) is 0 Å². The molecular formula is C3H7Pd+. The van der Waals surface area contributed by atoms with Gasteiger partial charge in [-0.1, -0.05) is 0 Å². The average molecular weight is 150 g/mol. The van der Waals surface area contributed by atoms with Crippen LogP contribution in [-0.4, -0.2) is 0 Å². The molecule has 1 heteroatoms. The van der Waals surface area contributed by atoms with Crippen LogP contribution in [0.3, 0.4) is 0 Å². The molecule has 0 fully saturated rings. The zero-order chi connectivity index (χ0) is 3.41. The van der Waals surface area contributed by atoms with Crippen molar-refractivity contribution in [1.82, 2.24) is 0 Å². The molecule has 4 heavy (non-hydrogen) atoms. The Morgan fingerprint density at radius 2 is 2.00 bits per heavy atom. The van der Waals surface area contributed by atoms with Crippen molar-refractivity contribution < 1.29 is 19.2 Å². The van der Waals surface area contributed by atoms with Gasteiger partial charge in [-0.25, -0.2) is 0 Å². The summed E-state index contributed by atoms with van der Waals surface area (Å²) in [4.78, 5) is 1.17. The third kappa shape index (κ3) is 2.66. The van der Waals surface area contributed by atoms with Crippen molar-refractivity contribution in [1.29, 1.82) is 0 Å². The van der Waals surface area contributed by atoms with Gasteiger partial charge in [0.25, 0.3) is 0 Å². The van der Waals surface area contributed by atoms with Crippen LogP contribution in [0.1, 0.15) is 13.3 Å². The molecule has 0 spiro atoms. The van der Waals surface area contributed by atoms with Crippen molar-refractivity contribution in [3.05, 3.63) is 0 Å². The Hall–Kier alpha value is 0.662. The van der Waals surface area contributed by atoms with Crippen molar-refractivity contribution in [2.24, 2.45) is 0 Å². The zero-order valence-corrected chi connectivity index (χ0v) is 4.29. The zero-order valence-electron chi connectivity index (χ0n) is 2.73. The van der Waals surface area contributed by atoms with Gasteiger partial charge in [-0.05, 0) is 0 Å². The van der Waals surface area contributed by atoms with Gasteiger partial charge in [0.2, 0.25) is 0 Å². The molecule has 0 amide bonds. The summed E-state index contributed by atoms with van der Waals surface area (Å²) in [5, 5.41) is 0. The predicted octanol–water partition coefficient (Wildman–Crippen LogP) is 1.36. The van der Waals surface area contributed by atoms with Crippen molar-refractivity contribution in [3.8, 4) is 0 Å². The molecule has 0 nitrogen and oxygen atoms in total. The first-order valence-corrected chi connectivity index (χ1v) is 2.53. The van der Waals surface area contributed by atoms with Crippen LogP contribution in [0.2, 0.25) is 4.89 Å². The summed E-state index contributed by atoms with van der Waals surface area (Å²) < 4.78 is 0. The predicted molar refractivity (Wildman–Crippen MR) is 15.1 cm³/mol. The van der Waals surface area contributed by atoms with Crippen LogP contribution in [0.4, 0.5) is 0 Å². The van der Waals surface area contributed by atoms with E-state index in [-0.39, 0.29) is 0 Å². The molecule has 28 valence electrons. The Morgan fingerprint density at radius 1 is 1.75 bits per heavy atom. The SMILES string of the molecule is CC[CH2][Pd+]. The second-order valence-corrected chi connectivity index (χ2v) is 1.44. The molecule has 0 saturated heterocycles. The van der Waals surface area contributed by atoms with Crippen LogP contribution < -0.4 is 0 Å². The molecule has 0 aromatic heterocycles. The van der Waals surface area contributed by atoms with E-state index >= 15 is 0 Å². The molecule has 0 rings (SSSR count). The van der Waals surface area contributed by atoms with E-state index in [4.69, 9.17) is 0 Å². The summed E-state index contributed by atoms with van der Waals surface area (Å²) >= 11 is 3.03. The van der Waals surface area contributed by atoms with Crippen molar-refractivity contribution in [2.45, 2.75) is 18.2 Å². The maximum atomic E-state index is 3.03. The molecule has 0 aliphatic rings. The van der Waals surface area contributed by atoms with Gasteiger partial charge in [0.05, 0.1) is 0 Å². The molecule has 0 aliphatic heterocycles. The normalized spacial score (nSPS) is 7.75. The van der Waals surface area contributed by atoms with Gasteiger partial charge >= 0.3 is 37.4 Å². The third-order valence-corrected chi connectivity index (χ3v) is 0.935. The first-order valence-electron chi connectivity index (χ1n) is 1.43. The fourth-order valence-electron chi connectivity index (χ4n) is 0. The standard InChI is InChI=1S/C3H7.Pd/c1-3-2;/h1,3H2,2H3;/q;+1. The monoisotopic (exact) mass is 149 g/mol. The van der Waals surface area contributed by atoms with Crippen LogP contribution in [-0.2, 0) is 19.2 Å². The van der Waals surface area contributed by atoms with Crippen molar-refractivity contribution >= 4 is 0 Å². The first-order chi connectivity index (χ1) is 1.91.